The molecular weight excluding hydrogens is 252 g/mol. The molecule has 1 atom stereocenters. The summed E-state index contributed by atoms with van der Waals surface area (Å²) in [5.41, 5.74) is 5.88. The molecule has 106 valence electrons. The highest BCUT2D eigenvalue weighted by atomic mass is 19.3. The summed E-state index contributed by atoms with van der Waals surface area (Å²) >= 11 is 0. The lowest BCUT2D eigenvalue weighted by atomic mass is 9.86. The molecule has 0 bridgehead atoms. The maximum Gasteiger partial charge on any atom is 0.260 e. The average Bonchev–Trinajstić information content (AvgIpc) is 2.82. The van der Waals surface area contributed by atoms with Crippen LogP contribution in [0.5, 0.6) is 0 Å². The lowest BCUT2D eigenvalue weighted by Gasteiger charge is -2.24. The van der Waals surface area contributed by atoms with Crippen molar-refractivity contribution >= 4 is 5.95 Å². The van der Waals surface area contributed by atoms with E-state index < -0.39 is 12.5 Å². The van der Waals surface area contributed by atoms with E-state index >= 15 is 0 Å². The molecule has 2 aliphatic rings. The van der Waals surface area contributed by atoms with E-state index in [1.807, 2.05) is 0 Å². The van der Waals surface area contributed by atoms with E-state index in [4.69, 9.17) is 5.73 Å². The second-order valence-electron chi connectivity index (χ2n) is 5.47. The number of halogens is 2. The molecule has 5 nitrogen and oxygen atoms in total. The largest absolute Gasteiger partial charge is 0.354 e. The molecule has 1 aromatic rings. The zero-order chi connectivity index (χ0) is 13.4. The van der Waals surface area contributed by atoms with Crippen molar-refractivity contribution in [3.8, 4) is 0 Å². The van der Waals surface area contributed by atoms with E-state index in [0.29, 0.717) is 24.7 Å². The standard InChI is InChI=1S/C12H19F2N5/c13-10(14)9-5-6-16-12-17-11(18-19(9)12)7-1-3-8(15)4-2-7/h7-10H,1-6,15H2,(H,16,17,18). The number of aromatic nitrogens is 3. The van der Waals surface area contributed by atoms with Crippen LogP contribution in [0.2, 0.25) is 0 Å². The zero-order valence-electron chi connectivity index (χ0n) is 10.7. The minimum absolute atomic E-state index is 0.262. The maximum absolute atomic E-state index is 13.0. The van der Waals surface area contributed by atoms with Gasteiger partial charge >= 0.3 is 0 Å². The van der Waals surface area contributed by atoms with Gasteiger partial charge in [-0.25, -0.2) is 13.5 Å². The summed E-state index contributed by atoms with van der Waals surface area (Å²) in [6.07, 6.45) is 1.81. The fraction of sp³-hybridized carbons (Fsp3) is 0.833. The Morgan fingerprint density at radius 3 is 2.63 bits per heavy atom. The van der Waals surface area contributed by atoms with Gasteiger partial charge in [0.05, 0.1) is 0 Å². The van der Waals surface area contributed by atoms with Crippen molar-refractivity contribution in [3.63, 3.8) is 0 Å². The molecule has 3 rings (SSSR count). The molecule has 1 aliphatic carbocycles. The lowest BCUT2D eigenvalue weighted by Crippen LogP contribution is -2.28. The Balaban J connectivity index is 1.81. The van der Waals surface area contributed by atoms with Crippen LogP contribution < -0.4 is 11.1 Å². The highest BCUT2D eigenvalue weighted by Gasteiger charge is 2.32. The highest BCUT2D eigenvalue weighted by Crippen LogP contribution is 2.33. The summed E-state index contributed by atoms with van der Waals surface area (Å²) in [6.45, 7) is 0.530. The quantitative estimate of drug-likeness (QED) is 0.861. The molecule has 7 heteroatoms. The molecule has 1 saturated carbocycles. The van der Waals surface area contributed by atoms with Crippen LogP contribution in [0.3, 0.4) is 0 Å². The Kier molecular flexibility index (Phi) is 3.38. The predicted molar refractivity (Wildman–Crippen MR) is 67.4 cm³/mol. The van der Waals surface area contributed by atoms with Crippen LogP contribution in [-0.4, -0.2) is 33.8 Å². The number of fused-ring (bicyclic) bond motifs is 1. The zero-order valence-corrected chi connectivity index (χ0v) is 10.7. The molecule has 3 N–H and O–H groups in total. The van der Waals surface area contributed by atoms with Gasteiger partial charge in [-0.1, -0.05) is 0 Å². The first kappa shape index (κ1) is 12.8. The third kappa shape index (κ3) is 2.43. The Morgan fingerprint density at radius 1 is 1.21 bits per heavy atom. The molecule has 1 unspecified atom stereocenters. The molecule has 2 heterocycles. The highest BCUT2D eigenvalue weighted by molar-refractivity contribution is 5.29. The second-order valence-corrected chi connectivity index (χ2v) is 5.47. The Hall–Kier alpha value is -1.24. The van der Waals surface area contributed by atoms with E-state index in [0.717, 1.165) is 25.7 Å². The van der Waals surface area contributed by atoms with Gasteiger partial charge in [0.25, 0.3) is 6.43 Å². The molecule has 0 amide bonds. The number of rotatable bonds is 2. The molecule has 0 spiro atoms. The summed E-state index contributed by atoms with van der Waals surface area (Å²) in [7, 11) is 0. The number of anilines is 1. The number of alkyl halides is 2. The van der Waals surface area contributed by atoms with Crippen LogP contribution in [0.25, 0.3) is 0 Å². The normalized spacial score (nSPS) is 31.1. The molecule has 19 heavy (non-hydrogen) atoms. The summed E-state index contributed by atoms with van der Waals surface area (Å²) in [4.78, 5) is 4.40. The number of nitrogens with zero attached hydrogens (tertiary/aromatic N) is 3. The Morgan fingerprint density at radius 2 is 1.95 bits per heavy atom. The van der Waals surface area contributed by atoms with Crippen molar-refractivity contribution in [2.75, 3.05) is 11.9 Å². The van der Waals surface area contributed by atoms with Gasteiger partial charge in [-0.05, 0) is 32.1 Å². The van der Waals surface area contributed by atoms with Gasteiger partial charge in [-0.15, -0.1) is 0 Å². The topological polar surface area (TPSA) is 68.8 Å². The van der Waals surface area contributed by atoms with Crippen molar-refractivity contribution < 1.29 is 8.78 Å². The van der Waals surface area contributed by atoms with Gasteiger partial charge in [-0.2, -0.15) is 10.1 Å². The van der Waals surface area contributed by atoms with Crippen LogP contribution in [0.4, 0.5) is 14.7 Å². The van der Waals surface area contributed by atoms with Crippen LogP contribution in [0, 0.1) is 0 Å². The molecule has 0 radical (unpaired) electrons. The van der Waals surface area contributed by atoms with E-state index in [1.165, 1.54) is 4.68 Å². The van der Waals surface area contributed by atoms with Crippen molar-refractivity contribution in [1.82, 2.24) is 14.8 Å². The molecule has 1 aliphatic heterocycles. The minimum Gasteiger partial charge on any atom is -0.354 e. The van der Waals surface area contributed by atoms with Crippen LogP contribution in [0.15, 0.2) is 0 Å². The van der Waals surface area contributed by atoms with E-state index in [9.17, 15) is 8.78 Å². The maximum atomic E-state index is 13.0. The smallest absolute Gasteiger partial charge is 0.260 e. The van der Waals surface area contributed by atoms with E-state index in [1.54, 1.807) is 0 Å². The number of hydrogen-bond donors (Lipinski definition) is 2. The van der Waals surface area contributed by atoms with Crippen LogP contribution in [-0.2, 0) is 0 Å². The van der Waals surface area contributed by atoms with Gasteiger partial charge in [0.15, 0.2) is 5.82 Å². The van der Waals surface area contributed by atoms with Crippen LogP contribution >= 0.6 is 0 Å². The molecule has 1 aromatic heterocycles. The average molecular weight is 271 g/mol. The number of hydrogen-bond acceptors (Lipinski definition) is 4. The second kappa shape index (κ2) is 5.03. The number of nitrogens with two attached hydrogens (primary N) is 1. The summed E-state index contributed by atoms with van der Waals surface area (Å²) in [5.74, 6) is 1.45. The first-order valence-corrected chi connectivity index (χ1v) is 6.89. The molecule has 0 saturated heterocycles. The van der Waals surface area contributed by atoms with Crippen LogP contribution in [0.1, 0.15) is 49.9 Å². The number of nitrogens with one attached hydrogen (secondary N) is 1. The summed E-state index contributed by atoms with van der Waals surface area (Å²) in [6, 6.07) is -0.580. The molecular formula is C12H19F2N5. The van der Waals surface area contributed by atoms with E-state index in [2.05, 4.69) is 15.4 Å². The Labute approximate surface area is 110 Å². The predicted octanol–water partition coefficient (Wildman–Crippen LogP) is 1.88. The summed E-state index contributed by atoms with van der Waals surface area (Å²) in [5, 5.41) is 7.37. The van der Waals surface area contributed by atoms with Gasteiger partial charge in [0, 0.05) is 18.5 Å². The summed E-state index contributed by atoms with van der Waals surface area (Å²) < 4.78 is 27.3. The monoisotopic (exact) mass is 271 g/mol. The Bertz CT molecular complexity index is 439. The minimum atomic E-state index is -2.39. The third-order valence-electron chi connectivity index (χ3n) is 4.11. The van der Waals surface area contributed by atoms with Gasteiger partial charge < -0.3 is 11.1 Å². The van der Waals surface area contributed by atoms with Crippen molar-refractivity contribution in [2.45, 2.75) is 56.5 Å². The van der Waals surface area contributed by atoms with Crippen molar-refractivity contribution in [3.05, 3.63) is 5.82 Å². The SMILES string of the molecule is NC1CCC(c2nc3n(n2)C(C(F)F)CCN3)CC1. The molecule has 1 fully saturated rings. The fourth-order valence-corrected chi connectivity index (χ4v) is 2.93. The first-order chi connectivity index (χ1) is 9.15. The first-order valence-electron chi connectivity index (χ1n) is 6.89. The van der Waals surface area contributed by atoms with Crippen molar-refractivity contribution in [2.24, 2.45) is 5.73 Å². The van der Waals surface area contributed by atoms with Gasteiger partial charge in [0.2, 0.25) is 5.95 Å². The third-order valence-corrected chi connectivity index (χ3v) is 4.11. The van der Waals surface area contributed by atoms with Gasteiger partial charge in [0.1, 0.15) is 6.04 Å². The lowest BCUT2D eigenvalue weighted by molar-refractivity contribution is 0.0710. The van der Waals surface area contributed by atoms with Gasteiger partial charge in [-0.3, -0.25) is 0 Å². The fourth-order valence-electron chi connectivity index (χ4n) is 2.93. The van der Waals surface area contributed by atoms with Crippen molar-refractivity contribution in [1.29, 1.82) is 0 Å². The van der Waals surface area contributed by atoms with E-state index in [-0.39, 0.29) is 12.0 Å². The molecule has 0 aromatic carbocycles.